The summed E-state index contributed by atoms with van der Waals surface area (Å²) >= 11 is 3.50. The average Bonchev–Trinajstić information content (AvgIpc) is 2.61. The van der Waals surface area contributed by atoms with Crippen LogP contribution in [0.5, 0.6) is 0 Å². The summed E-state index contributed by atoms with van der Waals surface area (Å²) in [7, 11) is 1.98. The second-order valence-electron chi connectivity index (χ2n) is 3.48. The van der Waals surface area contributed by atoms with Crippen molar-refractivity contribution in [3.63, 3.8) is 0 Å². The molecule has 0 aromatic carbocycles. The maximum absolute atomic E-state index is 5.49. The van der Waals surface area contributed by atoms with E-state index in [0.29, 0.717) is 12.0 Å². The number of hydrogen-bond acceptors (Lipinski definition) is 2. The van der Waals surface area contributed by atoms with Crippen LogP contribution in [0.15, 0.2) is 21.2 Å². The molecule has 1 heterocycles. The van der Waals surface area contributed by atoms with Crippen LogP contribution < -0.4 is 5.32 Å². The van der Waals surface area contributed by atoms with Gasteiger partial charge in [-0.1, -0.05) is 26.7 Å². The molecule has 0 bridgehead atoms. The van der Waals surface area contributed by atoms with Gasteiger partial charge in [-0.2, -0.15) is 0 Å². The highest BCUT2D eigenvalue weighted by molar-refractivity contribution is 9.10. The first-order valence-electron chi connectivity index (χ1n) is 5.14. The van der Waals surface area contributed by atoms with Crippen molar-refractivity contribution >= 4 is 15.9 Å². The molecule has 1 atom stereocenters. The predicted molar refractivity (Wildman–Crippen MR) is 62.3 cm³/mol. The highest BCUT2D eigenvalue weighted by atomic mass is 79.9. The van der Waals surface area contributed by atoms with Crippen LogP contribution in [-0.4, -0.2) is 7.05 Å². The minimum absolute atomic E-state index is 0.314. The fraction of sp³-hybridized carbons (Fsp3) is 0.636. The first-order chi connectivity index (χ1) is 6.74. The smallest absolute Gasteiger partial charge is 0.135 e. The molecule has 0 aliphatic rings. The Morgan fingerprint density at radius 3 is 2.43 bits per heavy atom. The zero-order valence-electron chi connectivity index (χ0n) is 9.01. The first-order valence-corrected chi connectivity index (χ1v) is 5.94. The highest BCUT2D eigenvalue weighted by Gasteiger charge is 2.23. The Balaban J connectivity index is 2.86. The molecule has 0 aliphatic heterocycles. The van der Waals surface area contributed by atoms with Crippen LogP contribution >= 0.6 is 15.9 Å². The van der Waals surface area contributed by atoms with E-state index in [1.165, 1.54) is 0 Å². The molecule has 1 N–H and O–H groups in total. The molecule has 0 radical (unpaired) electrons. The van der Waals surface area contributed by atoms with Crippen LogP contribution in [0.1, 0.15) is 38.5 Å². The van der Waals surface area contributed by atoms with Crippen molar-refractivity contribution in [2.24, 2.45) is 5.92 Å². The number of halogens is 1. The summed E-state index contributed by atoms with van der Waals surface area (Å²) in [5.41, 5.74) is 0. The molecule has 14 heavy (non-hydrogen) atoms. The summed E-state index contributed by atoms with van der Waals surface area (Å²) in [6, 6.07) is 2.26. The summed E-state index contributed by atoms with van der Waals surface area (Å²) in [6.45, 7) is 4.44. The van der Waals surface area contributed by atoms with Gasteiger partial charge in [-0.05, 0) is 35.0 Å². The lowest BCUT2D eigenvalue weighted by Gasteiger charge is -2.23. The molecule has 0 saturated heterocycles. The zero-order chi connectivity index (χ0) is 10.6. The third-order valence-electron chi connectivity index (χ3n) is 2.76. The SMILES string of the molecule is CCC(CC)C(NC)c1occc1Br. The Kier molecular flexibility index (Phi) is 4.69. The van der Waals surface area contributed by atoms with Gasteiger partial charge in [0.25, 0.3) is 0 Å². The fourth-order valence-corrected chi connectivity index (χ4v) is 2.32. The Bertz CT molecular complexity index is 268. The van der Waals surface area contributed by atoms with Crippen LogP contribution in [0, 0.1) is 5.92 Å². The summed E-state index contributed by atoms with van der Waals surface area (Å²) in [6.07, 6.45) is 4.05. The molecule has 3 heteroatoms. The maximum atomic E-state index is 5.49. The molecule has 0 spiro atoms. The second kappa shape index (κ2) is 5.56. The van der Waals surface area contributed by atoms with Crippen molar-refractivity contribution in [2.75, 3.05) is 7.05 Å². The van der Waals surface area contributed by atoms with Gasteiger partial charge >= 0.3 is 0 Å². The number of nitrogens with one attached hydrogen (secondary N) is 1. The van der Waals surface area contributed by atoms with Crippen molar-refractivity contribution < 1.29 is 4.42 Å². The molecular weight excluding hydrogens is 242 g/mol. The molecule has 2 nitrogen and oxygen atoms in total. The lowest BCUT2D eigenvalue weighted by atomic mass is 9.92. The number of rotatable bonds is 5. The molecule has 1 aromatic heterocycles. The van der Waals surface area contributed by atoms with Crippen molar-refractivity contribution in [1.29, 1.82) is 0 Å². The predicted octanol–water partition coefficient (Wildman–Crippen LogP) is 3.74. The zero-order valence-corrected chi connectivity index (χ0v) is 10.6. The van der Waals surface area contributed by atoms with Gasteiger partial charge in [0.05, 0.1) is 16.8 Å². The van der Waals surface area contributed by atoms with Crippen molar-refractivity contribution in [3.8, 4) is 0 Å². The lowest BCUT2D eigenvalue weighted by Crippen LogP contribution is -2.24. The van der Waals surface area contributed by atoms with Crippen LogP contribution in [0.3, 0.4) is 0 Å². The van der Waals surface area contributed by atoms with Crippen LogP contribution in [-0.2, 0) is 0 Å². The molecule has 0 amide bonds. The van der Waals surface area contributed by atoms with E-state index in [9.17, 15) is 0 Å². The Morgan fingerprint density at radius 1 is 1.43 bits per heavy atom. The molecule has 1 rings (SSSR count). The van der Waals surface area contributed by atoms with Crippen molar-refractivity contribution in [3.05, 3.63) is 22.6 Å². The summed E-state index contributed by atoms with van der Waals surface area (Å²) in [5, 5.41) is 3.32. The Hall–Kier alpha value is -0.280. The summed E-state index contributed by atoms with van der Waals surface area (Å²) in [4.78, 5) is 0. The minimum Gasteiger partial charge on any atom is -0.466 e. The maximum Gasteiger partial charge on any atom is 0.135 e. The van der Waals surface area contributed by atoms with E-state index in [2.05, 4.69) is 35.1 Å². The molecular formula is C11H18BrNO. The second-order valence-corrected chi connectivity index (χ2v) is 4.33. The van der Waals surface area contributed by atoms with Gasteiger partial charge in [-0.3, -0.25) is 0 Å². The number of furan rings is 1. The minimum atomic E-state index is 0.314. The van der Waals surface area contributed by atoms with Gasteiger partial charge in [0.2, 0.25) is 0 Å². The molecule has 1 aromatic rings. The van der Waals surface area contributed by atoms with E-state index in [1.54, 1.807) is 6.26 Å². The van der Waals surface area contributed by atoms with E-state index >= 15 is 0 Å². The molecule has 0 saturated carbocycles. The van der Waals surface area contributed by atoms with Gasteiger partial charge in [0.1, 0.15) is 5.76 Å². The van der Waals surface area contributed by atoms with Gasteiger partial charge in [0, 0.05) is 0 Å². The van der Waals surface area contributed by atoms with Crippen LogP contribution in [0.25, 0.3) is 0 Å². The molecule has 80 valence electrons. The topological polar surface area (TPSA) is 25.2 Å². The van der Waals surface area contributed by atoms with Crippen LogP contribution in [0.2, 0.25) is 0 Å². The van der Waals surface area contributed by atoms with Crippen LogP contribution in [0.4, 0.5) is 0 Å². The first kappa shape index (κ1) is 11.8. The van der Waals surface area contributed by atoms with Crippen molar-refractivity contribution in [1.82, 2.24) is 5.32 Å². The Morgan fingerprint density at radius 2 is 2.07 bits per heavy atom. The van der Waals surface area contributed by atoms with E-state index in [4.69, 9.17) is 4.42 Å². The van der Waals surface area contributed by atoms with E-state index in [0.717, 1.165) is 23.1 Å². The highest BCUT2D eigenvalue weighted by Crippen LogP contribution is 2.32. The monoisotopic (exact) mass is 259 g/mol. The van der Waals surface area contributed by atoms with Crippen molar-refractivity contribution in [2.45, 2.75) is 32.7 Å². The largest absolute Gasteiger partial charge is 0.466 e. The molecule has 0 fully saturated rings. The average molecular weight is 260 g/mol. The third-order valence-corrected chi connectivity index (χ3v) is 3.41. The summed E-state index contributed by atoms with van der Waals surface area (Å²) in [5.74, 6) is 1.64. The van der Waals surface area contributed by atoms with Gasteiger partial charge < -0.3 is 9.73 Å². The van der Waals surface area contributed by atoms with Gasteiger partial charge in [-0.15, -0.1) is 0 Å². The lowest BCUT2D eigenvalue weighted by molar-refractivity contribution is 0.307. The molecule has 0 aliphatic carbocycles. The van der Waals surface area contributed by atoms with Gasteiger partial charge in [0.15, 0.2) is 0 Å². The summed E-state index contributed by atoms with van der Waals surface area (Å²) < 4.78 is 6.55. The quantitative estimate of drug-likeness (QED) is 0.872. The molecule has 1 unspecified atom stereocenters. The third kappa shape index (κ3) is 2.39. The van der Waals surface area contributed by atoms with E-state index < -0.39 is 0 Å². The number of hydrogen-bond donors (Lipinski definition) is 1. The van der Waals surface area contributed by atoms with Gasteiger partial charge in [-0.25, -0.2) is 0 Å². The van der Waals surface area contributed by atoms with E-state index in [-0.39, 0.29) is 0 Å². The Labute approximate surface area is 94.2 Å². The van der Waals surface area contributed by atoms with E-state index in [1.807, 2.05) is 13.1 Å². The standard InChI is InChI=1S/C11H18BrNO/c1-4-8(5-2)10(13-3)11-9(12)6-7-14-11/h6-8,10,13H,4-5H2,1-3H3. The fourth-order valence-electron chi connectivity index (χ4n) is 1.87. The normalized spacial score (nSPS) is 13.5.